The molecule has 1 saturated carbocycles. The average molecular weight is 628 g/mol. The number of fused-ring (bicyclic) bond motifs is 3. The molecule has 4 aliphatic rings. The van der Waals surface area contributed by atoms with E-state index in [1.54, 1.807) is 13.0 Å². The third-order valence-electron chi connectivity index (χ3n) is 9.36. The van der Waals surface area contributed by atoms with Gasteiger partial charge in [0.2, 0.25) is 11.3 Å². The van der Waals surface area contributed by atoms with Crippen molar-refractivity contribution in [2.45, 2.75) is 50.9 Å². The second-order valence-electron chi connectivity index (χ2n) is 11.9. The van der Waals surface area contributed by atoms with Gasteiger partial charge in [-0.05, 0) is 43.4 Å². The third-order valence-corrected chi connectivity index (χ3v) is 10.2. The highest BCUT2D eigenvalue weighted by atomic mass is 32.1. The number of carbonyl (C=O) groups excluding carboxylic acids is 2. The van der Waals surface area contributed by atoms with Crippen LogP contribution in [0.25, 0.3) is 21.1 Å². The van der Waals surface area contributed by atoms with E-state index in [-0.39, 0.29) is 46.7 Å². The van der Waals surface area contributed by atoms with Crippen molar-refractivity contribution in [3.63, 3.8) is 0 Å². The zero-order chi connectivity index (χ0) is 31.2. The lowest BCUT2D eigenvalue weighted by molar-refractivity contribution is -0.163. The van der Waals surface area contributed by atoms with Crippen molar-refractivity contribution in [3.8, 4) is 0 Å². The molecular weight excluding hydrogens is 597 g/mol. The van der Waals surface area contributed by atoms with Crippen molar-refractivity contribution in [1.82, 2.24) is 24.1 Å². The Morgan fingerprint density at radius 2 is 1.98 bits per heavy atom. The van der Waals surface area contributed by atoms with Crippen molar-refractivity contribution in [3.05, 3.63) is 55.4 Å². The number of halogens is 1. The molecule has 1 aliphatic carbocycles. The Hall–Kier alpha value is -4.08. The van der Waals surface area contributed by atoms with Gasteiger partial charge in [-0.2, -0.15) is 0 Å². The minimum Gasteiger partial charge on any atom is -0.477 e. The number of aliphatic hydroxyl groups excluding tert-OH is 1. The Kier molecular flexibility index (Phi) is 6.68. The van der Waals surface area contributed by atoms with Crippen LogP contribution in [0.5, 0.6) is 0 Å². The number of nitrogens with one attached hydrogen (secondary N) is 2. The number of hydrogen-bond acceptors (Lipinski definition) is 9. The van der Waals surface area contributed by atoms with E-state index in [0.29, 0.717) is 16.9 Å². The number of piperazine rings is 1. The van der Waals surface area contributed by atoms with Crippen LogP contribution < -0.4 is 16.3 Å². The van der Waals surface area contributed by atoms with Crippen LogP contribution in [0.2, 0.25) is 0 Å². The molecule has 7 rings (SSSR count). The molecule has 3 aliphatic heterocycles. The molecule has 44 heavy (non-hydrogen) atoms. The Morgan fingerprint density at radius 1 is 1.23 bits per heavy atom. The van der Waals surface area contributed by atoms with Gasteiger partial charge in [0, 0.05) is 48.1 Å². The van der Waals surface area contributed by atoms with Crippen LogP contribution in [-0.2, 0) is 14.3 Å². The van der Waals surface area contributed by atoms with Crippen LogP contribution in [0.1, 0.15) is 44.3 Å². The number of carboxylic acid groups (broad SMARTS) is 1. The quantitative estimate of drug-likeness (QED) is 0.296. The summed E-state index contributed by atoms with van der Waals surface area (Å²) in [5, 5.41) is 23.2. The number of amides is 2. The third kappa shape index (κ3) is 4.13. The number of pyridine rings is 1. The largest absolute Gasteiger partial charge is 0.477 e. The number of carboxylic acids is 1. The number of benzene rings is 1. The monoisotopic (exact) mass is 627 g/mol. The topological polar surface area (TPSA) is 174 Å². The Morgan fingerprint density at radius 3 is 2.66 bits per heavy atom. The minimum absolute atomic E-state index is 0.00786. The molecule has 3 fully saturated rings. The second kappa shape index (κ2) is 10.2. The summed E-state index contributed by atoms with van der Waals surface area (Å²) in [5.74, 6) is -3.74. The fourth-order valence-corrected chi connectivity index (χ4v) is 8.00. The number of aromatic nitrogens is 2. The van der Waals surface area contributed by atoms with E-state index in [9.17, 15) is 34.2 Å². The van der Waals surface area contributed by atoms with Crippen LogP contribution in [0.4, 0.5) is 9.18 Å². The predicted molar refractivity (Wildman–Crippen MR) is 156 cm³/mol. The summed E-state index contributed by atoms with van der Waals surface area (Å²) in [7, 11) is 0. The van der Waals surface area contributed by atoms with Crippen molar-refractivity contribution in [1.29, 1.82) is 0 Å². The summed E-state index contributed by atoms with van der Waals surface area (Å²) < 4.78 is 25.9. The summed E-state index contributed by atoms with van der Waals surface area (Å²) in [5.41, 5.74) is -0.383. The number of β-lactam (4-membered cyclic amide) rings is 1. The summed E-state index contributed by atoms with van der Waals surface area (Å²) in [4.78, 5) is 66.9. The Bertz CT molecular complexity index is 1910. The van der Waals surface area contributed by atoms with Crippen molar-refractivity contribution in [2.75, 3.05) is 26.2 Å². The Balaban J connectivity index is 1.21. The summed E-state index contributed by atoms with van der Waals surface area (Å²) in [6.07, 6.45) is -0.0469. The smallest absolute Gasteiger partial charge is 0.410 e. The molecule has 5 heterocycles. The second-order valence-corrected chi connectivity index (χ2v) is 12.7. The highest BCUT2D eigenvalue weighted by molar-refractivity contribution is 7.12. The molecule has 3 aromatic rings. The van der Waals surface area contributed by atoms with Gasteiger partial charge in [-0.15, -0.1) is 0 Å². The van der Waals surface area contributed by atoms with E-state index in [4.69, 9.17) is 4.74 Å². The molecule has 15 heteroatoms. The maximum atomic E-state index is 15.8. The molecule has 0 radical (unpaired) electrons. The standard InChI is InChI=1S/C29H30FN5O8S/c1-11-16(23(28(40)41)35-22(11)20(12(2)36)26(35)39)10-43-29(42)33-6-5-31-9-19(33)14-8-18-15(7-17(14)30)24(37)21-25(38)32-44-27(21)34(18)13-3-4-13/h7-8,11-13,19-20,22,31,36H,3-6,9-10H2,1-2H3,(H,32,38)(H,40,41)/t11-,12?,19?,20+,22+/m0/s1. The zero-order valence-corrected chi connectivity index (χ0v) is 24.6. The summed E-state index contributed by atoms with van der Waals surface area (Å²) in [6.45, 7) is 3.60. The van der Waals surface area contributed by atoms with Crippen molar-refractivity contribution < 1.29 is 33.7 Å². The van der Waals surface area contributed by atoms with E-state index in [0.717, 1.165) is 35.3 Å². The molecule has 1 aromatic carbocycles. The van der Waals surface area contributed by atoms with E-state index >= 15 is 4.39 Å². The maximum Gasteiger partial charge on any atom is 0.410 e. The van der Waals surface area contributed by atoms with Crippen molar-refractivity contribution in [2.24, 2.45) is 11.8 Å². The van der Waals surface area contributed by atoms with E-state index < -0.39 is 71.4 Å². The van der Waals surface area contributed by atoms with Gasteiger partial charge in [-0.1, -0.05) is 6.92 Å². The van der Waals surface area contributed by atoms with E-state index in [1.807, 2.05) is 4.57 Å². The maximum absolute atomic E-state index is 15.8. The number of hydrogen-bond donors (Lipinski definition) is 4. The van der Waals surface area contributed by atoms with Crippen LogP contribution in [-0.4, -0.2) is 85.3 Å². The lowest BCUT2D eigenvalue weighted by atomic mass is 9.78. The molecule has 2 amide bonds. The molecular formula is C29H30FN5O8S. The van der Waals surface area contributed by atoms with E-state index in [1.165, 1.54) is 11.8 Å². The van der Waals surface area contributed by atoms with Gasteiger partial charge in [-0.25, -0.2) is 14.0 Å². The first-order valence-electron chi connectivity index (χ1n) is 14.5. The molecule has 232 valence electrons. The molecule has 0 bridgehead atoms. The lowest BCUT2D eigenvalue weighted by Crippen LogP contribution is -2.63. The normalized spacial score (nSPS) is 25.9. The molecule has 13 nitrogen and oxygen atoms in total. The summed E-state index contributed by atoms with van der Waals surface area (Å²) in [6, 6.07) is 1.41. The zero-order valence-electron chi connectivity index (χ0n) is 23.8. The van der Waals surface area contributed by atoms with Gasteiger partial charge in [0.25, 0.3) is 5.56 Å². The fourth-order valence-electron chi connectivity index (χ4n) is 7.08. The molecule has 0 spiro atoms. The van der Waals surface area contributed by atoms with Crippen LogP contribution >= 0.6 is 11.5 Å². The number of nitrogens with zero attached hydrogens (tertiary/aromatic N) is 3. The molecule has 2 aromatic heterocycles. The number of carbonyl (C=O) groups is 3. The summed E-state index contributed by atoms with van der Waals surface area (Å²) >= 11 is 1.07. The van der Waals surface area contributed by atoms with E-state index in [2.05, 4.69) is 9.69 Å². The highest BCUT2D eigenvalue weighted by Gasteiger charge is 2.60. The predicted octanol–water partition coefficient (Wildman–Crippen LogP) is 1.66. The van der Waals surface area contributed by atoms with Crippen LogP contribution in [0, 0.1) is 17.7 Å². The highest BCUT2D eigenvalue weighted by Crippen LogP contribution is 2.47. The van der Waals surface area contributed by atoms with Gasteiger partial charge in [-0.3, -0.25) is 23.7 Å². The minimum atomic E-state index is -1.33. The lowest BCUT2D eigenvalue weighted by Gasteiger charge is -2.46. The molecule has 2 unspecified atom stereocenters. The van der Waals surface area contributed by atoms with Gasteiger partial charge in [0.15, 0.2) is 0 Å². The average Bonchev–Trinajstić information content (AvgIpc) is 3.70. The fraction of sp³-hybridized carbons (Fsp3) is 0.483. The first kappa shape index (κ1) is 28.7. The SMILES string of the molecule is CC(O)[C@H]1C(=O)N2C(C(=O)O)=C(COC(=O)N3CCNCC3c3cc4c(cc3F)c(=O)c3c(=O)[nH]sc3n4C3CC3)[C@H](C)[C@H]12. The molecule has 2 saturated heterocycles. The van der Waals surface area contributed by atoms with Gasteiger partial charge in [0.1, 0.15) is 28.3 Å². The number of rotatable bonds is 6. The number of aliphatic carboxylic acids is 1. The van der Waals surface area contributed by atoms with Gasteiger partial charge < -0.3 is 29.7 Å². The number of ether oxygens (including phenoxy) is 1. The number of H-pyrrole nitrogens is 1. The number of aliphatic hydroxyl groups is 1. The van der Waals surface area contributed by atoms with Gasteiger partial charge in [0.05, 0.1) is 29.6 Å². The first-order valence-corrected chi connectivity index (χ1v) is 15.3. The molecule has 5 atom stereocenters. The van der Waals surface area contributed by atoms with Gasteiger partial charge >= 0.3 is 12.1 Å². The van der Waals surface area contributed by atoms with Crippen LogP contribution in [0.15, 0.2) is 33.0 Å². The number of aromatic amines is 1. The first-order chi connectivity index (χ1) is 21.0. The van der Waals surface area contributed by atoms with Crippen molar-refractivity contribution >= 4 is 50.6 Å². The van der Waals surface area contributed by atoms with Crippen LogP contribution in [0.3, 0.4) is 0 Å². The molecule has 4 N–H and O–H groups in total. The Labute approximate surface area is 252 Å².